The quantitative estimate of drug-likeness (QED) is 0.858. The molecular formula is C17H16BrNO. The van der Waals surface area contributed by atoms with Gasteiger partial charge in [-0.3, -0.25) is 4.79 Å². The topological polar surface area (TPSA) is 29.1 Å². The van der Waals surface area contributed by atoms with Gasteiger partial charge in [0.05, 0.1) is 5.69 Å². The molecule has 3 rings (SSSR count). The van der Waals surface area contributed by atoms with Crippen molar-refractivity contribution in [3.63, 3.8) is 0 Å². The molecule has 0 bridgehead atoms. The molecule has 0 radical (unpaired) electrons. The highest BCUT2D eigenvalue weighted by Gasteiger charge is 2.13. The maximum atomic E-state index is 12.3. The van der Waals surface area contributed by atoms with Crippen LogP contribution in [0.5, 0.6) is 0 Å². The molecule has 0 saturated carbocycles. The number of hydrogen-bond donors (Lipinski definition) is 1. The zero-order valence-corrected chi connectivity index (χ0v) is 12.7. The molecule has 1 N–H and O–H groups in total. The highest BCUT2D eigenvalue weighted by molar-refractivity contribution is 9.10. The number of carbonyl (C=O) groups excluding carboxylic acids is 1. The Morgan fingerprint density at radius 2 is 1.75 bits per heavy atom. The number of halogens is 1. The van der Waals surface area contributed by atoms with Gasteiger partial charge in [-0.2, -0.15) is 0 Å². The minimum absolute atomic E-state index is 0.0507. The molecule has 1 amide bonds. The van der Waals surface area contributed by atoms with E-state index in [0.717, 1.165) is 28.6 Å². The lowest BCUT2D eigenvalue weighted by Gasteiger charge is -2.16. The summed E-state index contributed by atoms with van der Waals surface area (Å²) in [6.45, 7) is 0. The molecule has 1 aliphatic carbocycles. The first kappa shape index (κ1) is 13.4. The molecule has 0 unspecified atom stereocenters. The van der Waals surface area contributed by atoms with Gasteiger partial charge in [0, 0.05) is 10.0 Å². The average molecular weight is 330 g/mol. The lowest BCUT2D eigenvalue weighted by atomic mass is 9.90. The molecule has 2 nitrogen and oxygen atoms in total. The Bertz CT molecular complexity index is 651. The molecule has 0 aliphatic heterocycles. The number of carbonyl (C=O) groups is 1. The Morgan fingerprint density at radius 3 is 2.55 bits per heavy atom. The van der Waals surface area contributed by atoms with Crippen molar-refractivity contribution in [3.8, 4) is 0 Å². The zero-order chi connectivity index (χ0) is 13.9. The van der Waals surface area contributed by atoms with Gasteiger partial charge in [-0.1, -0.05) is 18.2 Å². The number of amides is 1. The lowest BCUT2D eigenvalue weighted by Crippen LogP contribution is -2.14. The van der Waals surface area contributed by atoms with Crippen LogP contribution in [0.4, 0.5) is 5.69 Å². The molecule has 0 atom stereocenters. The largest absolute Gasteiger partial charge is 0.321 e. The SMILES string of the molecule is O=C(Nc1ccccc1Br)c1ccc2c(c1)CCCC2. The fourth-order valence-corrected chi connectivity index (χ4v) is 3.02. The van der Waals surface area contributed by atoms with Crippen LogP contribution in [0.25, 0.3) is 0 Å². The van der Waals surface area contributed by atoms with Gasteiger partial charge >= 0.3 is 0 Å². The molecule has 2 aromatic rings. The second-order valence-corrected chi connectivity index (χ2v) is 5.98. The van der Waals surface area contributed by atoms with Gasteiger partial charge in [-0.05, 0) is 77.0 Å². The molecule has 0 aromatic heterocycles. The van der Waals surface area contributed by atoms with Crippen LogP contribution in [0.2, 0.25) is 0 Å². The number of anilines is 1. The Balaban J connectivity index is 1.82. The summed E-state index contributed by atoms with van der Waals surface area (Å²) < 4.78 is 0.895. The van der Waals surface area contributed by atoms with E-state index in [1.54, 1.807) is 0 Å². The van der Waals surface area contributed by atoms with Crippen molar-refractivity contribution < 1.29 is 4.79 Å². The van der Waals surface area contributed by atoms with Crippen LogP contribution < -0.4 is 5.32 Å². The molecule has 3 heteroatoms. The second kappa shape index (κ2) is 5.80. The van der Waals surface area contributed by atoms with Crippen molar-refractivity contribution in [2.75, 3.05) is 5.32 Å². The molecule has 0 saturated heterocycles. The van der Waals surface area contributed by atoms with Crippen molar-refractivity contribution in [3.05, 3.63) is 63.6 Å². The minimum atomic E-state index is -0.0507. The second-order valence-electron chi connectivity index (χ2n) is 5.12. The fourth-order valence-electron chi connectivity index (χ4n) is 2.63. The van der Waals surface area contributed by atoms with Crippen molar-refractivity contribution >= 4 is 27.5 Å². The molecule has 0 heterocycles. The lowest BCUT2D eigenvalue weighted by molar-refractivity contribution is 0.102. The molecule has 1 aliphatic rings. The average Bonchev–Trinajstić information content (AvgIpc) is 2.49. The summed E-state index contributed by atoms with van der Waals surface area (Å²) in [6, 6.07) is 13.7. The van der Waals surface area contributed by atoms with Gasteiger partial charge < -0.3 is 5.32 Å². The van der Waals surface area contributed by atoms with Crippen LogP contribution in [-0.4, -0.2) is 5.91 Å². The van der Waals surface area contributed by atoms with Gasteiger partial charge in [0.15, 0.2) is 0 Å². The predicted octanol–water partition coefficient (Wildman–Crippen LogP) is 4.58. The Kier molecular flexibility index (Phi) is 3.88. The van der Waals surface area contributed by atoms with Gasteiger partial charge in [0.2, 0.25) is 0 Å². The van der Waals surface area contributed by atoms with E-state index >= 15 is 0 Å². The summed E-state index contributed by atoms with van der Waals surface area (Å²) >= 11 is 3.44. The van der Waals surface area contributed by atoms with Crippen LogP contribution in [-0.2, 0) is 12.8 Å². The summed E-state index contributed by atoms with van der Waals surface area (Å²) in [4.78, 5) is 12.3. The van der Waals surface area contributed by atoms with Crippen LogP contribution >= 0.6 is 15.9 Å². The van der Waals surface area contributed by atoms with Crippen molar-refractivity contribution in [2.45, 2.75) is 25.7 Å². The zero-order valence-electron chi connectivity index (χ0n) is 11.2. The van der Waals surface area contributed by atoms with E-state index in [1.807, 2.05) is 36.4 Å². The van der Waals surface area contributed by atoms with Gasteiger partial charge in [-0.15, -0.1) is 0 Å². The normalized spacial score (nSPS) is 13.7. The molecule has 102 valence electrons. The Labute approximate surface area is 127 Å². The number of nitrogens with one attached hydrogen (secondary N) is 1. The molecular weight excluding hydrogens is 314 g/mol. The van der Waals surface area contributed by atoms with E-state index in [4.69, 9.17) is 0 Å². The van der Waals surface area contributed by atoms with Crippen LogP contribution in [0.15, 0.2) is 46.9 Å². The molecule has 2 aromatic carbocycles. The molecule has 0 spiro atoms. The van der Waals surface area contributed by atoms with Crippen LogP contribution in [0.3, 0.4) is 0 Å². The summed E-state index contributed by atoms with van der Waals surface area (Å²) in [7, 11) is 0. The Morgan fingerprint density at radius 1 is 1.00 bits per heavy atom. The maximum Gasteiger partial charge on any atom is 0.255 e. The van der Waals surface area contributed by atoms with E-state index in [2.05, 4.69) is 27.3 Å². The van der Waals surface area contributed by atoms with Gasteiger partial charge in [0.1, 0.15) is 0 Å². The van der Waals surface area contributed by atoms with E-state index < -0.39 is 0 Å². The number of rotatable bonds is 2. The number of hydrogen-bond acceptors (Lipinski definition) is 1. The Hall–Kier alpha value is -1.61. The first-order valence-electron chi connectivity index (χ1n) is 6.92. The third-order valence-electron chi connectivity index (χ3n) is 3.73. The predicted molar refractivity (Wildman–Crippen MR) is 85.2 cm³/mol. The number of aryl methyl sites for hydroxylation is 2. The van der Waals surface area contributed by atoms with Crippen molar-refractivity contribution in [1.29, 1.82) is 0 Å². The summed E-state index contributed by atoms with van der Waals surface area (Å²) in [5.41, 5.74) is 4.27. The number of benzene rings is 2. The van der Waals surface area contributed by atoms with Gasteiger partial charge in [0.25, 0.3) is 5.91 Å². The van der Waals surface area contributed by atoms with Crippen molar-refractivity contribution in [1.82, 2.24) is 0 Å². The van der Waals surface area contributed by atoms with Gasteiger partial charge in [-0.25, -0.2) is 0 Å². The first-order chi connectivity index (χ1) is 9.74. The summed E-state index contributed by atoms with van der Waals surface area (Å²) in [6.07, 6.45) is 4.71. The van der Waals surface area contributed by atoms with E-state index in [1.165, 1.54) is 24.0 Å². The van der Waals surface area contributed by atoms with E-state index in [9.17, 15) is 4.79 Å². The summed E-state index contributed by atoms with van der Waals surface area (Å²) in [5.74, 6) is -0.0507. The summed E-state index contributed by atoms with van der Waals surface area (Å²) in [5, 5.41) is 2.95. The highest BCUT2D eigenvalue weighted by Crippen LogP contribution is 2.24. The van der Waals surface area contributed by atoms with Crippen LogP contribution in [0.1, 0.15) is 34.3 Å². The third kappa shape index (κ3) is 2.78. The number of para-hydroxylation sites is 1. The van der Waals surface area contributed by atoms with E-state index in [0.29, 0.717) is 0 Å². The molecule has 20 heavy (non-hydrogen) atoms. The monoisotopic (exact) mass is 329 g/mol. The van der Waals surface area contributed by atoms with Crippen molar-refractivity contribution in [2.24, 2.45) is 0 Å². The minimum Gasteiger partial charge on any atom is -0.321 e. The fraction of sp³-hybridized carbons (Fsp3) is 0.235. The standard InChI is InChI=1S/C17H16BrNO/c18-15-7-3-4-8-16(15)19-17(20)14-10-9-12-5-1-2-6-13(12)11-14/h3-4,7-11H,1-2,5-6H2,(H,19,20). The van der Waals surface area contributed by atoms with E-state index in [-0.39, 0.29) is 5.91 Å². The highest BCUT2D eigenvalue weighted by atomic mass is 79.9. The molecule has 0 fully saturated rings. The third-order valence-corrected chi connectivity index (χ3v) is 4.42. The maximum absolute atomic E-state index is 12.3. The number of fused-ring (bicyclic) bond motifs is 1. The van der Waals surface area contributed by atoms with Crippen LogP contribution in [0, 0.1) is 0 Å². The smallest absolute Gasteiger partial charge is 0.255 e. The first-order valence-corrected chi connectivity index (χ1v) is 7.71.